The van der Waals surface area contributed by atoms with Gasteiger partial charge < -0.3 is 10.1 Å². The van der Waals surface area contributed by atoms with E-state index in [1.165, 1.54) is 6.26 Å². The molecular formula is C12H14Cl3NO. The highest BCUT2D eigenvalue weighted by Crippen LogP contribution is 2.31. The first kappa shape index (κ1) is 14.7. The maximum absolute atomic E-state index is 6.07. The smallest absolute Gasteiger partial charge is 0.0885 e. The second-order valence-corrected chi connectivity index (χ2v) is 4.58. The van der Waals surface area contributed by atoms with E-state index in [4.69, 9.17) is 39.5 Å². The molecule has 0 bridgehead atoms. The molecule has 0 aromatic heterocycles. The Morgan fingerprint density at radius 1 is 1.24 bits per heavy atom. The first-order valence-electron chi connectivity index (χ1n) is 5.22. The molecule has 0 saturated carbocycles. The number of nitrogens with one attached hydrogen (secondary N) is 1. The largest absolute Gasteiger partial charge is 0.502 e. The average molecular weight is 295 g/mol. The molecule has 0 unspecified atom stereocenters. The van der Waals surface area contributed by atoms with Gasteiger partial charge in [0.25, 0.3) is 0 Å². The van der Waals surface area contributed by atoms with Crippen LogP contribution in [0.3, 0.4) is 0 Å². The molecule has 1 aromatic carbocycles. The summed E-state index contributed by atoms with van der Waals surface area (Å²) in [5.74, 6) is 0. The average Bonchev–Trinajstić information content (AvgIpc) is 2.32. The SMILES string of the molecule is C=COCCCNCc1c(Cl)ccc(Cl)c1Cl. The van der Waals surface area contributed by atoms with Crippen LogP contribution in [0.2, 0.25) is 15.1 Å². The number of rotatable bonds is 7. The molecule has 0 heterocycles. The summed E-state index contributed by atoms with van der Waals surface area (Å²) in [6.07, 6.45) is 2.33. The van der Waals surface area contributed by atoms with Crippen molar-refractivity contribution in [1.82, 2.24) is 5.32 Å². The summed E-state index contributed by atoms with van der Waals surface area (Å²) in [5, 5.41) is 4.87. The van der Waals surface area contributed by atoms with E-state index in [1.54, 1.807) is 12.1 Å². The number of halogens is 3. The van der Waals surface area contributed by atoms with Crippen LogP contribution in [0.1, 0.15) is 12.0 Å². The Labute approximate surface area is 117 Å². The fourth-order valence-corrected chi connectivity index (χ4v) is 1.99. The minimum Gasteiger partial charge on any atom is -0.502 e. The van der Waals surface area contributed by atoms with E-state index >= 15 is 0 Å². The zero-order chi connectivity index (χ0) is 12.7. The summed E-state index contributed by atoms with van der Waals surface area (Å²) in [5.41, 5.74) is 0.825. The summed E-state index contributed by atoms with van der Waals surface area (Å²) in [7, 11) is 0. The molecule has 0 aliphatic rings. The van der Waals surface area contributed by atoms with Crippen molar-refractivity contribution < 1.29 is 4.74 Å². The van der Waals surface area contributed by atoms with Gasteiger partial charge in [-0.2, -0.15) is 0 Å². The molecule has 94 valence electrons. The van der Waals surface area contributed by atoms with Crippen LogP contribution in [-0.4, -0.2) is 13.2 Å². The zero-order valence-corrected chi connectivity index (χ0v) is 11.6. The van der Waals surface area contributed by atoms with Crippen LogP contribution in [0, 0.1) is 0 Å². The maximum Gasteiger partial charge on any atom is 0.0885 e. The normalized spacial score (nSPS) is 10.3. The van der Waals surface area contributed by atoms with Crippen molar-refractivity contribution in [3.63, 3.8) is 0 Å². The van der Waals surface area contributed by atoms with Crippen molar-refractivity contribution in [3.8, 4) is 0 Å². The van der Waals surface area contributed by atoms with Crippen LogP contribution in [0.15, 0.2) is 25.0 Å². The van der Waals surface area contributed by atoms with Crippen LogP contribution < -0.4 is 5.32 Å². The fraction of sp³-hybridized carbons (Fsp3) is 0.333. The van der Waals surface area contributed by atoms with Crippen LogP contribution in [0.4, 0.5) is 0 Å². The molecule has 0 aliphatic heterocycles. The molecule has 0 amide bonds. The van der Waals surface area contributed by atoms with Gasteiger partial charge in [0.2, 0.25) is 0 Å². The van der Waals surface area contributed by atoms with Crippen molar-refractivity contribution in [2.24, 2.45) is 0 Å². The number of hydrogen-bond donors (Lipinski definition) is 1. The monoisotopic (exact) mass is 293 g/mol. The van der Waals surface area contributed by atoms with E-state index in [1.807, 2.05) is 0 Å². The van der Waals surface area contributed by atoms with Crippen molar-refractivity contribution >= 4 is 34.8 Å². The van der Waals surface area contributed by atoms with Crippen molar-refractivity contribution in [1.29, 1.82) is 0 Å². The molecule has 5 heteroatoms. The van der Waals surface area contributed by atoms with E-state index in [-0.39, 0.29) is 0 Å². The lowest BCUT2D eigenvalue weighted by Gasteiger charge is -2.09. The van der Waals surface area contributed by atoms with E-state index in [0.29, 0.717) is 28.2 Å². The minimum atomic E-state index is 0.508. The lowest BCUT2D eigenvalue weighted by atomic mass is 10.2. The van der Waals surface area contributed by atoms with E-state index in [9.17, 15) is 0 Å². The van der Waals surface area contributed by atoms with Crippen LogP contribution >= 0.6 is 34.8 Å². The Hall–Kier alpha value is -0.410. The second-order valence-electron chi connectivity index (χ2n) is 3.39. The molecule has 0 spiro atoms. The Morgan fingerprint density at radius 3 is 2.65 bits per heavy atom. The summed E-state index contributed by atoms with van der Waals surface area (Å²) in [6.45, 7) is 5.52. The number of benzene rings is 1. The molecule has 0 aliphatic carbocycles. The lowest BCUT2D eigenvalue weighted by Crippen LogP contribution is -2.16. The van der Waals surface area contributed by atoms with Crippen molar-refractivity contribution in [2.75, 3.05) is 13.2 Å². The van der Waals surface area contributed by atoms with Gasteiger partial charge in [-0.25, -0.2) is 0 Å². The highest BCUT2D eigenvalue weighted by atomic mass is 35.5. The molecule has 1 aromatic rings. The van der Waals surface area contributed by atoms with Crippen molar-refractivity contribution in [2.45, 2.75) is 13.0 Å². The van der Waals surface area contributed by atoms with Gasteiger partial charge in [-0.05, 0) is 25.1 Å². The highest BCUT2D eigenvalue weighted by Gasteiger charge is 2.08. The molecule has 17 heavy (non-hydrogen) atoms. The Morgan fingerprint density at radius 2 is 1.94 bits per heavy atom. The standard InChI is InChI=1S/C12H14Cl3NO/c1-2-17-7-3-6-16-8-9-10(13)4-5-11(14)12(9)15/h2,4-5,16H,1,3,6-8H2. The second kappa shape index (κ2) is 7.83. The first-order chi connectivity index (χ1) is 8.16. The molecule has 0 saturated heterocycles. The van der Waals surface area contributed by atoms with Crippen LogP contribution in [0.25, 0.3) is 0 Å². The number of hydrogen-bond acceptors (Lipinski definition) is 2. The Balaban J connectivity index is 2.41. The number of ether oxygens (including phenoxy) is 1. The topological polar surface area (TPSA) is 21.3 Å². The third-order valence-corrected chi connectivity index (χ3v) is 3.37. The van der Waals surface area contributed by atoms with Gasteiger partial charge >= 0.3 is 0 Å². The fourth-order valence-electron chi connectivity index (χ4n) is 1.31. The predicted octanol–water partition coefficient (Wildman–Crippen LogP) is 4.29. The minimum absolute atomic E-state index is 0.508. The predicted molar refractivity (Wildman–Crippen MR) is 73.9 cm³/mol. The quantitative estimate of drug-likeness (QED) is 0.460. The third-order valence-electron chi connectivity index (χ3n) is 2.17. The molecule has 1 rings (SSSR count). The van der Waals surface area contributed by atoms with Gasteiger partial charge in [-0.1, -0.05) is 41.4 Å². The van der Waals surface area contributed by atoms with Gasteiger partial charge in [0, 0.05) is 17.1 Å². The summed E-state index contributed by atoms with van der Waals surface area (Å²) in [6, 6.07) is 3.43. The van der Waals surface area contributed by atoms with Gasteiger partial charge in [-0.3, -0.25) is 0 Å². The van der Waals surface area contributed by atoms with E-state index in [0.717, 1.165) is 18.5 Å². The molecule has 1 N–H and O–H groups in total. The van der Waals surface area contributed by atoms with Gasteiger partial charge in [0.1, 0.15) is 0 Å². The molecule has 0 atom stereocenters. The van der Waals surface area contributed by atoms with Gasteiger partial charge in [0.15, 0.2) is 0 Å². The van der Waals surface area contributed by atoms with Crippen LogP contribution in [0.5, 0.6) is 0 Å². The van der Waals surface area contributed by atoms with E-state index < -0.39 is 0 Å². The molecular weight excluding hydrogens is 280 g/mol. The zero-order valence-electron chi connectivity index (χ0n) is 9.31. The Kier molecular flexibility index (Phi) is 6.75. The van der Waals surface area contributed by atoms with Gasteiger partial charge in [0.05, 0.1) is 22.9 Å². The van der Waals surface area contributed by atoms with Crippen molar-refractivity contribution in [3.05, 3.63) is 45.6 Å². The van der Waals surface area contributed by atoms with E-state index in [2.05, 4.69) is 11.9 Å². The maximum atomic E-state index is 6.07. The summed E-state index contributed by atoms with van der Waals surface area (Å²) in [4.78, 5) is 0. The first-order valence-corrected chi connectivity index (χ1v) is 6.35. The lowest BCUT2D eigenvalue weighted by molar-refractivity contribution is 0.244. The highest BCUT2D eigenvalue weighted by molar-refractivity contribution is 6.44. The molecule has 0 fully saturated rings. The summed E-state index contributed by atoms with van der Waals surface area (Å²) >= 11 is 18.0. The third kappa shape index (κ3) is 4.76. The Bertz CT molecular complexity index is 382. The van der Waals surface area contributed by atoms with Crippen LogP contribution in [-0.2, 0) is 11.3 Å². The van der Waals surface area contributed by atoms with Gasteiger partial charge in [-0.15, -0.1) is 0 Å². The molecule has 2 nitrogen and oxygen atoms in total. The summed E-state index contributed by atoms with van der Waals surface area (Å²) < 4.78 is 5.00. The molecule has 0 radical (unpaired) electrons.